The Balaban J connectivity index is 1.59. The normalized spacial score (nSPS) is 10.6. The number of carbonyl (C=O) groups is 2. The summed E-state index contributed by atoms with van der Waals surface area (Å²) in [5.74, 6) is 0.431. The molecule has 0 spiro atoms. The van der Waals surface area contributed by atoms with Gasteiger partial charge in [0.05, 0.1) is 19.1 Å². The van der Waals surface area contributed by atoms with Crippen molar-refractivity contribution in [1.82, 2.24) is 4.90 Å². The Morgan fingerprint density at radius 1 is 0.800 bits per heavy atom. The van der Waals surface area contributed by atoms with Gasteiger partial charge in [-0.15, -0.1) is 0 Å². The number of esters is 1. The van der Waals surface area contributed by atoms with Gasteiger partial charge >= 0.3 is 5.97 Å². The first-order chi connectivity index (χ1) is 17.1. The summed E-state index contributed by atoms with van der Waals surface area (Å²) in [6, 6.07) is 25.0. The summed E-state index contributed by atoms with van der Waals surface area (Å²) in [5.41, 5.74) is 3.35. The van der Waals surface area contributed by atoms with Gasteiger partial charge in [-0.05, 0) is 35.7 Å². The Labute approximate surface area is 208 Å². The molecule has 0 aliphatic heterocycles. The summed E-state index contributed by atoms with van der Waals surface area (Å²) in [6.07, 6.45) is 4.88. The van der Waals surface area contributed by atoms with E-state index in [1.54, 1.807) is 12.1 Å². The summed E-state index contributed by atoms with van der Waals surface area (Å²) in [7, 11) is 1.37. The Morgan fingerprint density at radius 2 is 1.51 bits per heavy atom. The fourth-order valence-electron chi connectivity index (χ4n) is 3.93. The van der Waals surface area contributed by atoms with Crippen LogP contribution in [0.25, 0.3) is 0 Å². The van der Waals surface area contributed by atoms with Gasteiger partial charge in [0.2, 0.25) is 5.91 Å². The number of methoxy groups -OCH3 is 1. The molecule has 0 atom stereocenters. The maximum atomic E-state index is 13.2. The molecule has 3 rings (SSSR count). The second-order valence-corrected chi connectivity index (χ2v) is 8.62. The second-order valence-electron chi connectivity index (χ2n) is 8.62. The van der Waals surface area contributed by atoms with E-state index in [2.05, 4.69) is 19.1 Å². The minimum absolute atomic E-state index is 0.131. The lowest BCUT2D eigenvalue weighted by Gasteiger charge is -2.23. The monoisotopic (exact) mass is 473 g/mol. The highest BCUT2D eigenvalue weighted by Gasteiger charge is 2.15. The Hall–Kier alpha value is -3.60. The number of carbonyl (C=O) groups excluding carboxylic acids is 2. The van der Waals surface area contributed by atoms with Crippen LogP contribution in [0.5, 0.6) is 5.75 Å². The molecule has 5 nitrogen and oxygen atoms in total. The van der Waals surface area contributed by atoms with Gasteiger partial charge in [0, 0.05) is 18.7 Å². The van der Waals surface area contributed by atoms with E-state index in [-0.39, 0.29) is 18.5 Å². The Kier molecular flexibility index (Phi) is 10.4. The van der Waals surface area contributed by atoms with E-state index in [4.69, 9.17) is 9.47 Å². The predicted octanol–water partition coefficient (Wildman–Crippen LogP) is 6.20. The number of unbranched alkanes of at least 4 members (excludes halogenated alkanes) is 3. The molecule has 0 saturated carbocycles. The van der Waals surface area contributed by atoms with E-state index in [9.17, 15) is 9.59 Å². The number of benzene rings is 3. The zero-order valence-corrected chi connectivity index (χ0v) is 20.7. The van der Waals surface area contributed by atoms with E-state index in [0.29, 0.717) is 24.3 Å². The minimum atomic E-state index is -0.382. The van der Waals surface area contributed by atoms with Crippen molar-refractivity contribution in [3.05, 3.63) is 101 Å². The zero-order chi connectivity index (χ0) is 24.9. The number of ether oxygens (including phenoxy) is 2. The number of nitrogens with zero attached hydrogens (tertiary/aromatic N) is 1. The Bertz CT molecular complexity index is 1060. The lowest BCUT2D eigenvalue weighted by molar-refractivity contribution is -0.131. The van der Waals surface area contributed by atoms with Crippen LogP contribution in [0.2, 0.25) is 0 Å². The Morgan fingerprint density at radius 3 is 2.23 bits per heavy atom. The summed E-state index contributed by atoms with van der Waals surface area (Å²) in [5, 5.41) is 0. The van der Waals surface area contributed by atoms with Gasteiger partial charge in [0.1, 0.15) is 12.4 Å². The predicted molar refractivity (Wildman–Crippen MR) is 138 cm³/mol. The third-order valence-corrected chi connectivity index (χ3v) is 5.95. The van der Waals surface area contributed by atoms with Crippen LogP contribution in [0, 0.1) is 0 Å². The largest absolute Gasteiger partial charge is 0.489 e. The van der Waals surface area contributed by atoms with Gasteiger partial charge in [0.15, 0.2) is 0 Å². The molecule has 0 aliphatic carbocycles. The van der Waals surface area contributed by atoms with Crippen LogP contribution in [0.1, 0.15) is 59.7 Å². The van der Waals surface area contributed by atoms with Gasteiger partial charge in [-0.1, -0.05) is 86.8 Å². The van der Waals surface area contributed by atoms with E-state index in [0.717, 1.165) is 36.1 Å². The van der Waals surface area contributed by atoms with Gasteiger partial charge in [-0.3, -0.25) is 4.79 Å². The zero-order valence-electron chi connectivity index (χ0n) is 20.7. The number of hydrogen-bond acceptors (Lipinski definition) is 4. The topological polar surface area (TPSA) is 55.8 Å². The lowest BCUT2D eigenvalue weighted by atomic mass is 10.1. The van der Waals surface area contributed by atoms with Crippen molar-refractivity contribution in [2.45, 2.75) is 52.2 Å². The molecule has 5 heteroatoms. The summed E-state index contributed by atoms with van der Waals surface area (Å²) < 4.78 is 10.7. The van der Waals surface area contributed by atoms with Crippen LogP contribution in [-0.2, 0) is 29.1 Å². The molecule has 0 bridgehead atoms. The molecule has 0 unspecified atom stereocenters. The number of amides is 1. The van der Waals surface area contributed by atoms with Crippen molar-refractivity contribution < 1.29 is 19.1 Å². The van der Waals surface area contributed by atoms with E-state index >= 15 is 0 Å². The molecular formula is C30H35NO4. The first-order valence-corrected chi connectivity index (χ1v) is 12.3. The summed E-state index contributed by atoms with van der Waals surface area (Å²) in [4.78, 5) is 27.1. The van der Waals surface area contributed by atoms with Crippen LogP contribution in [0.15, 0.2) is 78.9 Å². The first-order valence-electron chi connectivity index (χ1n) is 12.3. The molecule has 0 aromatic heterocycles. The van der Waals surface area contributed by atoms with Crippen molar-refractivity contribution in [3.8, 4) is 5.75 Å². The van der Waals surface area contributed by atoms with Crippen LogP contribution in [-0.4, -0.2) is 30.4 Å². The van der Waals surface area contributed by atoms with Crippen molar-refractivity contribution in [1.29, 1.82) is 0 Å². The highest BCUT2D eigenvalue weighted by molar-refractivity contribution is 5.90. The highest BCUT2D eigenvalue weighted by atomic mass is 16.5. The average molecular weight is 474 g/mol. The van der Waals surface area contributed by atoms with Gasteiger partial charge in [-0.25, -0.2) is 4.79 Å². The third-order valence-electron chi connectivity index (χ3n) is 5.95. The molecule has 0 radical (unpaired) electrons. The maximum absolute atomic E-state index is 13.2. The molecule has 184 valence electrons. The summed E-state index contributed by atoms with van der Waals surface area (Å²) >= 11 is 0. The first kappa shape index (κ1) is 26.0. The van der Waals surface area contributed by atoms with Gasteiger partial charge < -0.3 is 14.4 Å². The van der Waals surface area contributed by atoms with Gasteiger partial charge in [-0.2, -0.15) is 0 Å². The highest BCUT2D eigenvalue weighted by Crippen LogP contribution is 2.18. The van der Waals surface area contributed by atoms with Crippen LogP contribution < -0.4 is 4.74 Å². The van der Waals surface area contributed by atoms with E-state index in [1.807, 2.05) is 59.5 Å². The van der Waals surface area contributed by atoms with E-state index in [1.165, 1.54) is 20.0 Å². The van der Waals surface area contributed by atoms with Crippen molar-refractivity contribution in [2.75, 3.05) is 13.7 Å². The molecule has 0 saturated heterocycles. The fraction of sp³-hybridized carbons (Fsp3) is 0.333. The van der Waals surface area contributed by atoms with Crippen LogP contribution in [0.3, 0.4) is 0 Å². The molecule has 3 aromatic carbocycles. The fourth-order valence-corrected chi connectivity index (χ4v) is 3.93. The number of rotatable bonds is 13. The molecule has 0 fully saturated rings. The van der Waals surface area contributed by atoms with Crippen LogP contribution >= 0.6 is 0 Å². The SMILES string of the molecule is CCCCCCN(Cc1ccccc1)C(=O)Cc1ccc(OCc2ccccc2C(=O)OC)cc1. The lowest BCUT2D eigenvalue weighted by Crippen LogP contribution is -2.32. The maximum Gasteiger partial charge on any atom is 0.338 e. The molecule has 1 amide bonds. The minimum Gasteiger partial charge on any atom is -0.489 e. The third kappa shape index (κ3) is 8.29. The quantitative estimate of drug-likeness (QED) is 0.219. The molecule has 0 N–H and O–H groups in total. The van der Waals surface area contributed by atoms with Crippen molar-refractivity contribution in [3.63, 3.8) is 0 Å². The van der Waals surface area contributed by atoms with Crippen molar-refractivity contribution in [2.24, 2.45) is 0 Å². The van der Waals surface area contributed by atoms with Gasteiger partial charge in [0.25, 0.3) is 0 Å². The second kappa shape index (κ2) is 14.0. The molecule has 35 heavy (non-hydrogen) atoms. The number of hydrogen-bond donors (Lipinski definition) is 0. The molecule has 3 aromatic rings. The van der Waals surface area contributed by atoms with E-state index < -0.39 is 0 Å². The van der Waals surface area contributed by atoms with Crippen LogP contribution in [0.4, 0.5) is 0 Å². The summed E-state index contributed by atoms with van der Waals surface area (Å²) in [6.45, 7) is 3.85. The smallest absolute Gasteiger partial charge is 0.338 e. The molecule has 0 heterocycles. The molecule has 0 aliphatic rings. The average Bonchev–Trinajstić information content (AvgIpc) is 2.90. The molecular weight excluding hydrogens is 438 g/mol. The van der Waals surface area contributed by atoms with Crippen molar-refractivity contribution >= 4 is 11.9 Å². The standard InChI is InChI=1S/C30H35NO4/c1-3-4-5-11-20-31(22-25-12-7-6-8-13-25)29(32)21-24-16-18-27(19-17-24)35-23-26-14-9-10-15-28(26)30(33)34-2/h6-10,12-19H,3-5,11,20-23H2,1-2H3.